The lowest BCUT2D eigenvalue weighted by Gasteiger charge is -2.08. The second kappa shape index (κ2) is 5.89. The average Bonchev–Trinajstić information content (AvgIpc) is 2.39. The highest BCUT2D eigenvalue weighted by Gasteiger charge is 2.22. The van der Waals surface area contributed by atoms with Crippen molar-refractivity contribution in [3.63, 3.8) is 0 Å². The summed E-state index contributed by atoms with van der Waals surface area (Å²) < 4.78 is 65.1. The number of aromatic amines is 1. The van der Waals surface area contributed by atoms with Crippen molar-refractivity contribution in [3.8, 4) is 0 Å². The summed E-state index contributed by atoms with van der Waals surface area (Å²) in [7, 11) is -4.44. The van der Waals surface area contributed by atoms with E-state index in [1.807, 2.05) is 4.72 Å². The second-order valence-electron chi connectivity index (χ2n) is 4.34. The van der Waals surface area contributed by atoms with Crippen molar-refractivity contribution in [2.24, 2.45) is 0 Å². The number of nitrogens with zero attached hydrogens (tertiary/aromatic N) is 1. The summed E-state index contributed by atoms with van der Waals surface area (Å²) in [6.45, 7) is 1.08. The number of hydrogen-bond acceptors (Lipinski definition) is 4. The third-order valence-corrected chi connectivity index (χ3v) is 4.04. The molecule has 0 aliphatic carbocycles. The van der Waals surface area contributed by atoms with E-state index < -0.39 is 44.5 Å². The SMILES string of the molecule is Cc1nc(CNS(=O)(=O)c2cc(F)c(F)cc2F)cc(=O)[nH]1. The highest BCUT2D eigenvalue weighted by atomic mass is 32.2. The van der Waals surface area contributed by atoms with Crippen LogP contribution in [0.1, 0.15) is 11.5 Å². The number of sulfonamides is 1. The van der Waals surface area contributed by atoms with E-state index in [9.17, 15) is 26.4 Å². The normalized spacial score (nSPS) is 11.6. The molecule has 0 atom stereocenters. The highest BCUT2D eigenvalue weighted by molar-refractivity contribution is 7.89. The van der Waals surface area contributed by atoms with Gasteiger partial charge in [0.25, 0.3) is 5.56 Å². The van der Waals surface area contributed by atoms with E-state index in [0.717, 1.165) is 6.07 Å². The topological polar surface area (TPSA) is 91.9 Å². The first-order valence-corrected chi connectivity index (χ1v) is 7.38. The monoisotopic (exact) mass is 333 g/mol. The molecule has 0 fully saturated rings. The molecule has 118 valence electrons. The van der Waals surface area contributed by atoms with Gasteiger partial charge in [-0.05, 0) is 13.0 Å². The van der Waals surface area contributed by atoms with Crippen molar-refractivity contribution in [1.29, 1.82) is 0 Å². The Labute approximate surface area is 123 Å². The van der Waals surface area contributed by atoms with Crippen molar-refractivity contribution in [1.82, 2.24) is 14.7 Å². The molecule has 0 spiro atoms. The van der Waals surface area contributed by atoms with Crippen LogP contribution in [0.15, 0.2) is 27.9 Å². The van der Waals surface area contributed by atoms with E-state index in [1.165, 1.54) is 6.92 Å². The summed E-state index contributed by atoms with van der Waals surface area (Å²) in [5, 5.41) is 0. The van der Waals surface area contributed by atoms with Gasteiger partial charge >= 0.3 is 0 Å². The molecule has 0 aliphatic heterocycles. The zero-order valence-corrected chi connectivity index (χ0v) is 12.0. The zero-order valence-electron chi connectivity index (χ0n) is 11.2. The van der Waals surface area contributed by atoms with Crippen LogP contribution in [0.2, 0.25) is 0 Å². The quantitative estimate of drug-likeness (QED) is 0.816. The third kappa shape index (κ3) is 3.52. The molecule has 0 aliphatic rings. The molecule has 0 saturated heterocycles. The Kier molecular flexibility index (Phi) is 4.33. The Balaban J connectivity index is 2.28. The van der Waals surface area contributed by atoms with E-state index in [0.29, 0.717) is 0 Å². The van der Waals surface area contributed by atoms with Gasteiger partial charge in [-0.3, -0.25) is 4.79 Å². The summed E-state index contributed by atoms with van der Waals surface area (Å²) in [5.74, 6) is -4.16. The van der Waals surface area contributed by atoms with Crippen molar-refractivity contribution < 1.29 is 21.6 Å². The maximum Gasteiger partial charge on any atom is 0.251 e. The third-order valence-electron chi connectivity index (χ3n) is 2.62. The summed E-state index contributed by atoms with van der Waals surface area (Å²) in [5.41, 5.74) is -0.395. The molecular formula is C12H10F3N3O3S. The number of hydrogen-bond donors (Lipinski definition) is 2. The number of rotatable bonds is 4. The van der Waals surface area contributed by atoms with Crippen LogP contribution in [0.3, 0.4) is 0 Å². The average molecular weight is 333 g/mol. The van der Waals surface area contributed by atoms with Crippen LogP contribution in [-0.4, -0.2) is 18.4 Å². The number of aromatic nitrogens is 2. The van der Waals surface area contributed by atoms with Gasteiger partial charge < -0.3 is 4.98 Å². The largest absolute Gasteiger partial charge is 0.311 e. The van der Waals surface area contributed by atoms with Gasteiger partial charge in [0, 0.05) is 12.1 Å². The van der Waals surface area contributed by atoms with Gasteiger partial charge in [0.15, 0.2) is 11.6 Å². The van der Waals surface area contributed by atoms with Crippen LogP contribution in [0.4, 0.5) is 13.2 Å². The molecule has 2 aromatic rings. The van der Waals surface area contributed by atoms with Crippen LogP contribution >= 0.6 is 0 Å². The molecule has 1 aromatic heterocycles. The molecule has 1 aromatic carbocycles. The molecule has 2 rings (SSSR count). The van der Waals surface area contributed by atoms with Gasteiger partial charge in [-0.25, -0.2) is 31.3 Å². The molecule has 0 radical (unpaired) electrons. The first-order valence-electron chi connectivity index (χ1n) is 5.90. The van der Waals surface area contributed by atoms with Gasteiger partial charge in [0.2, 0.25) is 10.0 Å². The van der Waals surface area contributed by atoms with Crippen LogP contribution in [0, 0.1) is 24.4 Å². The standard InChI is InChI=1S/C12H10F3N3O3S/c1-6-17-7(2-12(19)18-6)5-16-22(20,21)11-4-9(14)8(13)3-10(11)15/h2-4,16H,5H2,1H3,(H,17,18,19). The Hall–Kier alpha value is -2.20. The molecule has 2 N–H and O–H groups in total. The van der Waals surface area contributed by atoms with E-state index >= 15 is 0 Å². The minimum Gasteiger partial charge on any atom is -0.311 e. The number of benzene rings is 1. The fraction of sp³-hybridized carbons (Fsp3) is 0.167. The van der Waals surface area contributed by atoms with Crippen LogP contribution in [0.25, 0.3) is 0 Å². The van der Waals surface area contributed by atoms with E-state index in [-0.39, 0.29) is 23.7 Å². The predicted molar refractivity (Wildman–Crippen MR) is 69.9 cm³/mol. The van der Waals surface area contributed by atoms with Crippen molar-refractivity contribution in [3.05, 3.63) is 57.5 Å². The second-order valence-corrected chi connectivity index (χ2v) is 6.08. The van der Waals surface area contributed by atoms with E-state index in [2.05, 4.69) is 9.97 Å². The first kappa shape index (κ1) is 16.2. The Bertz CT molecular complexity index is 881. The Morgan fingerprint density at radius 1 is 1.14 bits per heavy atom. The fourth-order valence-electron chi connectivity index (χ4n) is 1.69. The predicted octanol–water partition coefficient (Wildman–Crippen LogP) is 0.974. The Morgan fingerprint density at radius 3 is 2.41 bits per heavy atom. The molecule has 10 heteroatoms. The molecule has 1 heterocycles. The highest BCUT2D eigenvalue weighted by Crippen LogP contribution is 2.18. The number of nitrogens with one attached hydrogen (secondary N) is 2. The lowest BCUT2D eigenvalue weighted by Crippen LogP contribution is -2.26. The van der Waals surface area contributed by atoms with Crippen molar-refractivity contribution >= 4 is 10.0 Å². The minimum absolute atomic E-state index is 0.0906. The van der Waals surface area contributed by atoms with E-state index in [1.54, 1.807) is 0 Å². The summed E-state index contributed by atoms with van der Waals surface area (Å²) in [4.78, 5) is 16.4. The Morgan fingerprint density at radius 2 is 1.77 bits per heavy atom. The summed E-state index contributed by atoms with van der Waals surface area (Å²) in [6, 6.07) is 1.43. The summed E-state index contributed by atoms with van der Waals surface area (Å²) in [6.07, 6.45) is 0. The maximum atomic E-state index is 13.5. The maximum absolute atomic E-state index is 13.5. The van der Waals surface area contributed by atoms with Gasteiger partial charge in [-0.2, -0.15) is 0 Å². The van der Waals surface area contributed by atoms with Gasteiger partial charge in [-0.1, -0.05) is 0 Å². The molecule has 0 amide bonds. The molecular weight excluding hydrogens is 323 g/mol. The lowest BCUT2D eigenvalue weighted by molar-refractivity contribution is 0.481. The minimum atomic E-state index is -4.44. The van der Waals surface area contributed by atoms with Gasteiger partial charge in [-0.15, -0.1) is 0 Å². The first-order chi connectivity index (χ1) is 10.2. The molecule has 6 nitrogen and oxygen atoms in total. The molecule has 0 bridgehead atoms. The van der Waals surface area contributed by atoms with E-state index in [4.69, 9.17) is 0 Å². The van der Waals surface area contributed by atoms with Crippen LogP contribution < -0.4 is 10.3 Å². The molecule has 22 heavy (non-hydrogen) atoms. The number of halogens is 3. The van der Waals surface area contributed by atoms with Crippen LogP contribution in [-0.2, 0) is 16.6 Å². The van der Waals surface area contributed by atoms with Gasteiger partial charge in [0.05, 0.1) is 12.2 Å². The smallest absolute Gasteiger partial charge is 0.251 e. The molecule has 0 saturated carbocycles. The fourth-order valence-corrected chi connectivity index (χ4v) is 2.76. The van der Waals surface area contributed by atoms with Gasteiger partial charge in [0.1, 0.15) is 16.5 Å². The van der Waals surface area contributed by atoms with Crippen LogP contribution in [0.5, 0.6) is 0 Å². The molecule has 0 unspecified atom stereocenters. The lowest BCUT2D eigenvalue weighted by atomic mass is 10.3. The summed E-state index contributed by atoms with van der Waals surface area (Å²) >= 11 is 0. The zero-order chi connectivity index (χ0) is 16.5. The van der Waals surface area contributed by atoms with Crippen molar-refractivity contribution in [2.75, 3.05) is 0 Å². The number of aryl methyl sites for hydroxylation is 1. The van der Waals surface area contributed by atoms with Crippen molar-refractivity contribution in [2.45, 2.75) is 18.4 Å². The number of H-pyrrole nitrogens is 1.